The molecule has 0 fully saturated rings. The molecule has 0 spiro atoms. The number of nitrogens with zero attached hydrogens (tertiary/aromatic N) is 2. The molecule has 0 aliphatic carbocycles. The first kappa shape index (κ1) is 11.9. The molecule has 0 saturated heterocycles. The summed E-state index contributed by atoms with van der Waals surface area (Å²) in [4.78, 5) is 18.9. The molecule has 1 heterocycles. The number of carbonyl (C=O) groups is 1. The number of hydrogen-bond acceptors (Lipinski definition) is 2. The third-order valence-corrected chi connectivity index (χ3v) is 1.85. The Hall–Kier alpha value is -2.17. The van der Waals surface area contributed by atoms with E-state index in [-0.39, 0.29) is 5.96 Å². The van der Waals surface area contributed by atoms with Crippen molar-refractivity contribution in [1.29, 1.82) is 0 Å². The minimum absolute atomic E-state index is 0.236. The van der Waals surface area contributed by atoms with E-state index >= 15 is 0 Å². The topological polar surface area (TPSA) is 94.4 Å². The lowest BCUT2D eigenvalue weighted by Crippen LogP contribution is -2.24. The molecule has 1 amide bonds. The third-order valence-electron chi connectivity index (χ3n) is 1.85. The first-order valence-corrected chi connectivity index (χ1v) is 4.73. The summed E-state index contributed by atoms with van der Waals surface area (Å²) < 4.78 is 0. The average molecular weight is 218 g/mol. The maximum Gasteiger partial charge on any atom is 0.275 e. The van der Waals surface area contributed by atoms with Gasteiger partial charge in [0.15, 0.2) is 5.96 Å². The van der Waals surface area contributed by atoms with Crippen LogP contribution >= 0.6 is 0 Å². The number of guanidine groups is 1. The zero-order chi connectivity index (χ0) is 12.1. The van der Waals surface area contributed by atoms with Gasteiger partial charge in [-0.15, -0.1) is 0 Å². The lowest BCUT2D eigenvalue weighted by Gasteiger charge is -1.98. The molecule has 84 valence electrons. The van der Waals surface area contributed by atoms with Gasteiger partial charge in [0.25, 0.3) is 5.91 Å². The molecule has 0 bridgehead atoms. The largest absolute Gasteiger partial charge is 0.370 e. The van der Waals surface area contributed by atoms with Crippen molar-refractivity contribution in [3.8, 4) is 0 Å². The van der Waals surface area contributed by atoms with Crippen LogP contribution in [0.15, 0.2) is 29.0 Å². The molecule has 1 rings (SSSR count). The summed E-state index contributed by atoms with van der Waals surface area (Å²) in [5.41, 5.74) is 12.6. The normalized spacial score (nSPS) is 11.0. The maximum atomic E-state index is 11.4. The fourth-order valence-corrected chi connectivity index (χ4v) is 1.17. The second kappa shape index (κ2) is 5.06. The summed E-state index contributed by atoms with van der Waals surface area (Å²) in [5.74, 6) is -0.679. The first-order chi connectivity index (χ1) is 7.49. The van der Waals surface area contributed by atoms with Gasteiger partial charge in [0, 0.05) is 18.0 Å². The Morgan fingerprint density at radius 1 is 1.44 bits per heavy atom. The Labute approximate surface area is 93.9 Å². The number of pyridine rings is 1. The highest BCUT2D eigenvalue weighted by molar-refractivity contribution is 6.03. The summed E-state index contributed by atoms with van der Waals surface area (Å²) >= 11 is 0. The van der Waals surface area contributed by atoms with Crippen molar-refractivity contribution in [1.82, 2.24) is 4.98 Å². The first-order valence-electron chi connectivity index (χ1n) is 4.73. The van der Waals surface area contributed by atoms with Gasteiger partial charge < -0.3 is 11.5 Å². The van der Waals surface area contributed by atoms with Crippen LogP contribution in [0.5, 0.6) is 0 Å². The molecule has 5 heteroatoms. The summed E-state index contributed by atoms with van der Waals surface area (Å²) in [5, 5.41) is 0. The molecule has 5 nitrogen and oxygen atoms in total. The zero-order valence-corrected chi connectivity index (χ0v) is 9.27. The van der Waals surface area contributed by atoms with Crippen LogP contribution in [0, 0.1) is 6.92 Å². The molecule has 0 saturated carbocycles. The molecule has 4 N–H and O–H groups in total. The number of rotatable bonds is 2. The molecule has 0 aromatic carbocycles. The maximum absolute atomic E-state index is 11.4. The van der Waals surface area contributed by atoms with E-state index in [0.717, 1.165) is 11.1 Å². The predicted molar refractivity (Wildman–Crippen MR) is 63.4 cm³/mol. The highest BCUT2D eigenvalue weighted by Crippen LogP contribution is 2.08. The van der Waals surface area contributed by atoms with Crippen LogP contribution in [-0.2, 0) is 4.79 Å². The molecule has 0 unspecified atom stereocenters. The molecule has 1 aromatic rings. The van der Waals surface area contributed by atoms with Crippen molar-refractivity contribution in [3.05, 3.63) is 35.2 Å². The number of aliphatic imine (C=N–C) groups is 1. The molecular formula is C11H14N4O. The summed E-state index contributed by atoms with van der Waals surface area (Å²) in [6.07, 6.45) is 5.10. The Balaban J connectivity index is 2.93. The molecule has 0 radical (unpaired) electrons. The van der Waals surface area contributed by atoms with Crippen molar-refractivity contribution in [2.75, 3.05) is 0 Å². The number of aromatic nitrogens is 1. The Bertz CT molecular complexity index is 459. The van der Waals surface area contributed by atoms with Crippen LogP contribution in [-0.4, -0.2) is 16.9 Å². The quantitative estimate of drug-likeness (QED) is 0.431. The number of hydrogen-bond donors (Lipinski definition) is 2. The van der Waals surface area contributed by atoms with Crippen molar-refractivity contribution >= 4 is 17.9 Å². The molecule has 1 aromatic heterocycles. The van der Waals surface area contributed by atoms with Gasteiger partial charge >= 0.3 is 0 Å². The van der Waals surface area contributed by atoms with Crippen LogP contribution in [0.3, 0.4) is 0 Å². The number of aryl methyl sites for hydroxylation is 1. The van der Waals surface area contributed by atoms with E-state index in [1.54, 1.807) is 25.4 Å². The SMILES string of the molecule is C/C(=C\c1cncc(C)c1)C(=O)N=C(N)N. The van der Waals surface area contributed by atoms with E-state index in [2.05, 4.69) is 9.98 Å². The summed E-state index contributed by atoms with van der Waals surface area (Å²) in [6, 6.07) is 1.92. The minimum atomic E-state index is -0.443. The smallest absolute Gasteiger partial charge is 0.275 e. The van der Waals surface area contributed by atoms with Crippen LogP contribution in [0.4, 0.5) is 0 Å². The van der Waals surface area contributed by atoms with E-state index in [9.17, 15) is 4.79 Å². The van der Waals surface area contributed by atoms with Gasteiger partial charge in [0.05, 0.1) is 0 Å². The molecule has 0 atom stereocenters. The molecular weight excluding hydrogens is 204 g/mol. The summed E-state index contributed by atoms with van der Waals surface area (Å²) in [7, 11) is 0. The van der Waals surface area contributed by atoms with E-state index < -0.39 is 5.91 Å². The number of carbonyl (C=O) groups excluding carboxylic acids is 1. The third kappa shape index (κ3) is 3.53. The van der Waals surface area contributed by atoms with Crippen LogP contribution in [0.2, 0.25) is 0 Å². The zero-order valence-electron chi connectivity index (χ0n) is 9.27. The molecule has 0 aliphatic rings. The van der Waals surface area contributed by atoms with Gasteiger partial charge in [-0.2, -0.15) is 4.99 Å². The monoisotopic (exact) mass is 218 g/mol. The number of amides is 1. The highest BCUT2D eigenvalue weighted by atomic mass is 16.1. The van der Waals surface area contributed by atoms with Crippen molar-refractivity contribution in [3.63, 3.8) is 0 Å². The van der Waals surface area contributed by atoms with Gasteiger partial charge in [-0.3, -0.25) is 9.78 Å². The molecule has 0 aliphatic heterocycles. The van der Waals surface area contributed by atoms with E-state index in [0.29, 0.717) is 5.57 Å². The van der Waals surface area contributed by atoms with E-state index in [1.165, 1.54) is 0 Å². The van der Waals surface area contributed by atoms with Gasteiger partial charge in [0.2, 0.25) is 0 Å². The van der Waals surface area contributed by atoms with Gasteiger partial charge in [0.1, 0.15) is 0 Å². The second-order valence-electron chi connectivity index (χ2n) is 3.46. The lowest BCUT2D eigenvalue weighted by molar-refractivity contribution is -0.114. The number of nitrogens with two attached hydrogens (primary N) is 2. The van der Waals surface area contributed by atoms with Gasteiger partial charge in [-0.25, -0.2) is 0 Å². The predicted octanol–water partition coefficient (Wildman–Crippen LogP) is 0.593. The Morgan fingerprint density at radius 2 is 2.12 bits per heavy atom. The van der Waals surface area contributed by atoms with Gasteiger partial charge in [-0.1, -0.05) is 0 Å². The lowest BCUT2D eigenvalue weighted by atomic mass is 10.1. The standard InChI is InChI=1S/C11H14N4O/c1-7-3-9(6-14-5-7)4-8(2)10(16)15-11(12)13/h3-6H,1-2H3,(H4,12,13,15,16)/b8-4+. The average Bonchev–Trinajstić information content (AvgIpc) is 2.16. The van der Waals surface area contributed by atoms with Crippen LogP contribution in [0.25, 0.3) is 6.08 Å². The van der Waals surface area contributed by atoms with Crippen LogP contribution in [0.1, 0.15) is 18.1 Å². The van der Waals surface area contributed by atoms with Crippen molar-refractivity contribution < 1.29 is 4.79 Å². The van der Waals surface area contributed by atoms with Crippen LogP contribution < -0.4 is 11.5 Å². The van der Waals surface area contributed by atoms with E-state index in [1.807, 2.05) is 13.0 Å². The van der Waals surface area contributed by atoms with Gasteiger partial charge in [-0.05, 0) is 37.1 Å². The fourth-order valence-electron chi connectivity index (χ4n) is 1.17. The fraction of sp³-hybridized carbons (Fsp3) is 0.182. The Morgan fingerprint density at radius 3 is 2.69 bits per heavy atom. The Kier molecular flexibility index (Phi) is 3.77. The summed E-state index contributed by atoms with van der Waals surface area (Å²) in [6.45, 7) is 3.58. The van der Waals surface area contributed by atoms with Crippen molar-refractivity contribution in [2.24, 2.45) is 16.5 Å². The second-order valence-corrected chi connectivity index (χ2v) is 3.46. The highest BCUT2D eigenvalue weighted by Gasteiger charge is 2.02. The minimum Gasteiger partial charge on any atom is -0.370 e. The molecule has 16 heavy (non-hydrogen) atoms. The van der Waals surface area contributed by atoms with E-state index in [4.69, 9.17) is 11.5 Å². The van der Waals surface area contributed by atoms with Crippen molar-refractivity contribution in [2.45, 2.75) is 13.8 Å².